The van der Waals surface area contributed by atoms with Crippen molar-refractivity contribution in [2.24, 2.45) is 17.8 Å². The van der Waals surface area contributed by atoms with Gasteiger partial charge in [0.2, 0.25) is 0 Å². The van der Waals surface area contributed by atoms with Gasteiger partial charge in [-0.1, -0.05) is 6.08 Å². The largest absolute Gasteiger partial charge is 0.460 e. The molecule has 24 heteroatoms. The molecule has 3 saturated carbocycles. The summed E-state index contributed by atoms with van der Waals surface area (Å²) >= 11 is 0. The average Bonchev–Trinajstić information content (AvgIpc) is 3.31. The highest BCUT2D eigenvalue weighted by atomic mass is 16.8. The molecule has 0 radical (unpaired) electrons. The number of fused-ring (bicyclic) bond motifs is 1. The Morgan fingerprint density at radius 1 is 0.582 bits per heavy atom. The van der Waals surface area contributed by atoms with Crippen LogP contribution in [0.3, 0.4) is 0 Å². The molecule has 386 valence electrons. The fraction of sp³-hybridized carbons (Fsp3) is 0.930. The molecule has 7 aliphatic rings. The van der Waals surface area contributed by atoms with Gasteiger partial charge >= 0.3 is 5.97 Å². The van der Waals surface area contributed by atoms with Crippen molar-refractivity contribution < 1.29 is 119 Å². The van der Waals surface area contributed by atoms with Crippen LogP contribution in [0.4, 0.5) is 0 Å². The molecular weight excluding hydrogens is 900 g/mol. The van der Waals surface area contributed by atoms with Crippen LogP contribution in [0.5, 0.6) is 0 Å². The van der Waals surface area contributed by atoms with E-state index in [0.29, 0.717) is 32.1 Å². The number of aliphatic hydroxyl groups is 16. The molecule has 4 aliphatic heterocycles. The first-order chi connectivity index (χ1) is 31.9. The van der Waals surface area contributed by atoms with E-state index in [4.69, 9.17) is 42.6 Å². The first-order valence-electron chi connectivity index (χ1n) is 23.3. The molecule has 24 nitrogen and oxygen atoms in total. The number of ether oxygens (including phenoxy) is 9. The van der Waals surface area contributed by atoms with Crippen molar-refractivity contribution in [3.05, 3.63) is 12.2 Å². The molecule has 7 rings (SSSR count). The Hall–Kier alpha value is -1.67. The summed E-state index contributed by atoms with van der Waals surface area (Å²) in [5, 5.41) is 149. The van der Waals surface area contributed by atoms with E-state index >= 15 is 0 Å². The number of esters is 1. The van der Waals surface area contributed by atoms with Crippen LogP contribution in [0.1, 0.15) is 57.8 Å². The average molecular weight is 972 g/mol. The number of hydrogen-bond acceptors (Lipinski definition) is 23. The zero-order chi connectivity index (χ0) is 48.4. The number of methoxy groups -OCH3 is 1. The summed E-state index contributed by atoms with van der Waals surface area (Å²) in [5.74, 6) is -1.95. The van der Waals surface area contributed by atoms with Gasteiger partial charge in [-0.05, 0) is 50.9 Å². The van der Waals surface area contributed by atoms with Crippen LogP contribution in [0.25, 0.3) is 0 Å². The Bertz CT molecular complexity index is 1590. The van der Waals surface area contributed by atoms with E-state index in [1.165, 1.54) is 13.2 Å². The molecule has 0 spiro atoms. The van der Waals surface area contributed by atoms with Crippen LogP contribution in [0.15, 0.2) is 12.2 Å². The van der Waals surface area contributed by atoms with E-state index < -0.39 is 179 Å². The third-order valence-electron chi connectivity index (χ3n) is 14.8. The highest BCUT2D eigenvalue weighted by molar-refractivity contribution is 5.81. The standard InChI is InChI=1S/C43H70O24/c1-59-25-9-17(4-6-21(25)48)39-26(12-19-23(61-39)10-18(46)11-24(19)62-41-37(57)34(54)31(51)27(13-44)64-41)63-43-40(36(56)32(52)28(14-45)65-43)67-42-38(58)35(55)33(53)29(66-42)15-60-30(50)7-3-16-2-5-20(47)22(49)8-16/h3,7,16-29,31-49,51-58H,2,4-6,8-15H2,1H3/p+1/t16?,17?,18?,19?,20?,21?,22?,23?,24?,25?,26?,27-,28-,29-,31-,32-,33-,34+,35+,36+,37-,38-,39?,40-,41-,42+,43-/m1/s1. The quantitative estimate of drug-likeness (QED) is 0.0437. The van der Waals surface area contributed by atoms with Gasteiger partial charge in [0.05, 0.1) is 55.8 Å². The monoisotopic (exact) mass is 971 g/mol. The second kappa shape index (κ2) is 23.3. The maximum absolute atomic E-state index is 12.7. The van der Waals surface area contributed by atoms with Crippen molar-refractivity contribution in [1.29, 1.82) is 0 Å². The molecule has 0 aromatic rings. The highest BCUT2D eigenvalue weighted by Gasteiger charge is 2.58. The predicted octanol–water partition coefficient (Wildman–Crippen LogP) is -6.57. The van der Waals surface area contributed by atoms with Gasteiger partial charge in [-0.15, -0.1) is 0 Å². The van der Waals surface area contributed by atoms with E-state index in [1.807, 2.05) is 0 Å². The maximum atomic E-state index is 12.7. The normalized spacial score (nSPS) is 51.0. The Labute approximate surface area is 386 Å². The fourth-order valence-corrected chi connectivity index (χ4v) is 10.8. The molecule has 0 bridgehead atoms. The van der Waals surface area contributed by atoms with Crippen molar-refractivity contribution in [2.75, 3.05) is 26.9 Å². The number of rotatable bonds is 14. The maximum Gasteiger partial charge on any atom is 0.330 e. The number of carbonyl (C=O) groups is 1. The lowest BCUT2D eigenvalue weighted by Crippen LogP contribution is -2.66. The zero-order valence-electron chi connectivity index (χ0n) is 37.1. The lowest BCUT2D eigenvalue weighted by molar-refractivity contribution is -0.390. The number of carbonyl (C=O) groups excluding carboxylic acids is 1. The van der Waals surface area contributed by atoms with Crippen molar-refractivity contribution in [1.82, 2.24) is 0 Å². The summed E-state index contributed by atoms with van der Waals surface area (Å²) in [6.07, 6.45) is -27.7. The van der Waals surface area contributed by atoms with Gasteiger partial charge in [-0.3, -0.25) is 0 Å². The third kappa shape index (κ3) is 12.0. The fourth-order valence-electron chi connectivity index (χ4n) is 10.8. The predicted molar refractivity (Wildman–Crippen MR) is 220 cm³/mol. The smallest absolute Gasteiger partial charge is 0.330 e. The molecule has 0 amide bonds. The van der Waals surface area contributed by atoms with Crippen LogP contribution >= 0.6 is 0 Å². The van der Waals surface area contributed by atoms with E-state index in [-0.39, 0.29) is 37.5 Å². The van der Waals surface area contributed by atoms with E-state index in [2.05, 4.69) is 0 Å². The lowest BCUT2D eigenvalue weighted by Gasteiger charge is -2.51. The summed E-state index contributed by atoms with van der Waals surface area (Å²) < 4.78 is 52.5. The molecule has 67 heavy (non-hydrogen) atoms. The molecule has 27 atom stereocenters. The lowest BCUT2D eigenvalue weighted by atomic mass is 9.72. The van der Waals surface area contributed by atoms with Crippen LogP contribution in [-0.4, -0.2) is 256 Å². The molecule has 0 aromatic carbocycles. The van der Waals surface area contributed by atoms with Crippen molar-refractivity contribution in [3.63, 3.8) is 0 Å². The van der Waals surface area contributed by atoms with Crippen LogP contribution in [0, 0.1) is 17.8 Å². The van der Waals surface area contributed by atoms with E-state index in [0.717, 1.165) is 6.08 Å². The Kier molecular flexibility index (Phi) is 18.4. The van der Waals surface area contributed by atoms with Gasteiger partial charge in [0, 0.05) is 31.9 Å². The summed E-state index contributed by atoms with van der Waals surface area (Å²) in [5.41, 5.74) is 0. The number of aliphatic hydroxyl groups excluding tert-OH is 14. The molecule has 4 saturated heterocycles. The second-order valence-corrected chi connectivity index (χ2v) is 19.2. The molecule has 7 fully saturated rings. The van der Waals surface area contributed by atoms with Crippen molar-refractivity contribution in [2.45, 2.75) is 205 Å². The second-order valence-electron chi connectivity index (χ2n) is 19.2. The van der Waals surface area contributed by atoms with Crippen LogP contribution in [-0.2, 0) is 42.7 Å². The Morgan fingerprint density at radius 2 is 1.18 bits per heavy atom. The van der Waals surface area contributed by atoms with Crippen molar-refractivity contribution >= 4 is 5.97 Å². The third-order valence-corrected chi connectivity index (χ3v) is 14.8. The minimum Gasteiger partial charge on any atom is -0.460 e. The summed E-state index contributed by atoms with van der Waals surface area (Å²) in [4.78, 5) is 12.7. The van der Waals surface area contributed by atoms with Gasteiger partial charge < -0.3 is 114 Å². The summed E-state index contributed by atoms with van der Waals surface area (Å²) in [6.45, 7) is -2.15. The topological polar surface area (TPSA) is 387 Å². The van der Waals surface area contributed by atoms with Gasteiger partial charge in [-0.2, -0.15) is 0 Å². The van der Waals surface area contributed by atoms with Gasteiger partial charge in [0.25, 0.3) is 0 Å². The first kappa shape index (κ1) is 53.1. The Balaban J connectivity index is 1.11. The highest BCUT2D eigenvalue weighted by Crippen LogP contribution is 2.44. The molecule has 15 N–H and O–H groups in total. The van der Waals surface area contributed by atoms with Crippen molar-refractivity contribution in [3.8, 4) is 0 Å². The SMILES string of the molecule is COC1CC(C2[OH+]C3CC(O)CC(O[C@@H]4O[C@H](CO)[C@@H](O)[C@H](O)[C@H]4O)C3CC2O[C@@H]2O[C@H](CO)[C@@H](O)[C@H](O)[C@H]2O[C@@H]2O[C@H](COC(=O)C=CC3CCC(O)C(O)C3)[C@@H](O)[C@H](O)[C@H]2O)CCC1O. The minimum atomic E-state index is -1.98. The minimum absolute atomic E-state index is 0.0150. The number of hydrogen-bond donors (Lipinski definition) is 14. The van der Waals surface area contributed by atoms with E-state index in [1.54, 1.807) is 0 Å². The zero-order valence-corrected chi connectivity index (χ0v) is 37.1. The first-order valence-corrected chi connectivity index (χ1v) is 23.3. The van der Waals surface area contributed by atoms with Gasteiger partial charge in [-0.25, -0.2) is 4.79 Å². The molecule has 12 unspecified atom stereocenters. The summed E-state index contributed by atoms with van der Waals surface area (Å²) in [6, 6.07) is 0. The Morgan fingerprint density at radius 3 is 1.84 bits per heavy atom. The van der Waals surface area contributed by atoms with E-state index in [9.17, 15) is 76.3 Å². The number of allylic oxidation sites excluding steroid dienone is 1. The molecule has 4 heterocycles. The van der Waals surface area contributed by atoms with Crippen LogP contribution < -0.4 is 0 Å². The summed E-state index contributed by atoms with van der Waals surface area (Å²) in [7, 11) is 1.47. The van der Waals surface area contributed by atoms with Gasteiger partial charge in [0.15, 0.2) is 31.1 Å². The van der Waals surface area contributed by atoms with Crippen LogP contribution in [0.2, 0.25) is 0 Å². The molecule has 0 aromatic heterocycles. The molecular formula is C43H71O24+. The van der Waals surface area contributed by atoms with Gasteiger partial charge in [0.1, 0.15) is 86.0 Å². The molecule has 3 aliphatic carbocycles.